The third kappa shape index (κ3) is 3.45. The molecule has 1 heterocycles. The molecule has 19 heavy (non-hydrogen) atoms. The SMILES string of the molecule is O=C1CCN(CC(=O)c2ccc(O)cc2O)CCN1. The van der Waals surface area contributed by atoms with E-state index >= 15 is 0 Å². The zero-order valence-electron chi connectivity index (χ0n) is 10.4. The smallest absolute Gasteiger partial charge is 0.221 e. The van der Waals surface area contributed by atoms with Gasteiger partial charge in [-0.2, -0.15) is 0 Å². The number of aromatic hydroxyl groups is 2. The fourth-order valence-corrected chi connectivity index (χ4v) is 2.02. The Bertz CT molecular complexity index is 501. The van der Waals surface area contributed by atoms with Crippen molar-refractivity contribution in [3.63, 3.8) is 0 Å². The number of ketones is 1. The minimum Gasteiger partial charge on any atom is -0.508 e. The second-order valence-electron chi connectivity index (χ2n) is 4.50. The van der Waals surface area contributed by atoms with Crippen molar-refractivity contribution in [3.8, 4) is 11.5 Å². The van der Waals surface area contributed by atoms with Gasteiger partial charge in [0, 0.05) is 32.1 Å². The number of carbonyl (C=O) groups excluding carboxylic acids is 2. The standard InChI is InChI=1S/C13H16N2O4/c16-9-1-2-10(11(17)7-9)12(18)8-15-5-3-13(19)14-4-6-15/h1-2,7,16-17H,3-6,8H2,(H,14,19). The topological polar surface area (TPSA) is 89.9 Å². The van der Waals surface area contributed by atoms with Crippen molar-refractivity contribution >= 4 is 11.7 Å². The Morgan fingerprint density at radius 1 is 1.32 bits per heavy atom. The van der Waals surface area contributed by atoms with E-state index in [0.29, 0.717) is 26.1 Å². The number of rotatable bonds is 3. The van der Waals surface area contributed by atoms with Gasteiger partial charge in [-0.25, -0.2) is 0 Å². The second-order valence-corrected chi connectivity index (χ2v) is 4.50. The van der Waals surface area contributed by atoms with Gasteiger partial charge in [-0.1, -0.05) is 0 Å². The number of nitrogens with zero attached hydrogens (tertiary/aromatic N) is 1. The summed E-state index contributed by atoms with van der Waals surface area (Å²) in [7, 11) is 0. The molecule has 0 atom stereocenters. The van der Waals surface area contributed by atoms with Crippen LogP contribution in [0.15, 0.2) is 18.2 Å². The first-order chi connectivity index (χ1) is 9.06. The Labute approximate surface area is 110 Å². The number of benzene rings is 1. The lowest BCUT2D eigenvalue weighted by molar-refractivity contribution is -0.120. The first kappa shape index (κ1) is 13.4. The summed E-state index contributed by atoms with van der Waals surface area (Å²) in [4.78, 5) is 25.1. The third-order valence-electron chi connectivity index (χ3n) is 3.05. The van der Waals surface area contributed by atoms with Crippen LogP contribution < -0.4 is 5.32 Å². The van der Waals surface area contributed by atoms with Crippen LogP contribution in [0.25, 0.3) is 0 Å². The van der Waals surface area contributed by atoms with Crippen molar-refractivity contribution in [1.29, 1.82) is 0 Å². The van der Waals surface area contributed by atoms with Crippen LogP contribution in [0.2, 0.25) is 0 Å². The van der Waals surface area contributed by atoms with E-state index in [1.54, 1.807) is 0 Å². The lowest BCUT2D eigenvalue weighted by atomic mass is 10.1. The number of phenols is 2. The molecule has 0 aromatic heterocycles. The summed E-state index contributed by atoms with van der Waals surface area (Å²) in [6, 6.07) is 3.90. The molecule has 0 spiro atoms. The van der Waals surface area contributed by atoms with E-state index in [9.17, 15) is 19.8 Å². The van der Waals surface area contributed by atoms with Gasteiger partial charge in [0.25, 0.3) is 0 Å². The molecule has 6 heteroatoms. The number of hydrogen-bond acceptors (Lipinski definition) is 5. The molecule has 0 saturated carbocycles. The quantitative estimate of drug-likeness (QED) is 0.674. The van der Waals surface area contributed by atoms with E-state index < -0.39 is 0 Å². The van der Waals surface area contributed by atoms with Crippen LogP contribution in [0.1, 0.15) is 16.8 Å². The number of hydrogen-bond donors (Lipinski definition) is 3. The summed E-state index contributed by atoms with van der Waals surface area (Å²) in [6.07, 6.45) is 0.370. The first-order valence-corrected chi connectivity index (χ1v) is 6.10. The summed E-state index contributed by atoms with van der Waals surface area (Å²) in [5.74, 6) is -0.554. The van der Waals surface area contributed by atoms with Crippen molar-refractivity contribution in [2.45, 2.75) is 6.42 Å². The van der Waals surface area contributed by atoms with E-state index in [0.717, 1.165) is 6.07 Å². The van der Waals surface area contributed by atoms with Crippen LogP contribution in [0.3, 0.4) is 0 Å². The van der Waals surface area contributed by atoms with Gasteiger partial charge in [-0.3, -0.25) is 14.5 Å². The molecule has 1 fully saturated rings. The average Bonchev–Trinajstić information content (AvgIpc) is 2.54. The summed E-state index contributed by atoms with van der Waals surface area (Å²) < 4.78 is 0. The molecule has 1 saturated heterocycles. The van der Waals surface area contributed by atoms with Crippen LogP contribution in [0.5, 0.6) is 11.5 Å². The lowest BCUT2D eigenvalue weighted by Crippen LogP contribution is -2.33. The Kier molecular flexibility index (Phi) is 4.01. The summed E-state index contributed by atoms with van der Waals surface area (Å²) in [5, 5.41) is 21.5. The van der Waals surface area contributed by atoms with Gasteiger partial charge in [-0.05, 0) is 12.1 Å². The summed E-state index contributed by atoms with van der Waals surface area (Å²) in [6.45, 7) is 1.80. The summed E-state index contributed by atoms with van der Waals surface area (Å²) >= 11 is 0. The van der Waals surface area contributed by atoms with Crippen molar-refractivity contribution in [3.05, 3.63) is 23.8 Å². The molecule has 3 N–H and O–H groups in total. The number of nitrogens with one attached hydrogen (secondary N) is 1. The average molecular weight is 264 g/mol. The fourth-order valence-electron chi connectivity index (χ4n) is 2.02. The predicted octanol–water partition coefficient (Wildman–Crippen LogP) is 0.102. The maximum atomic E-state index is 12.1. The number of Topliss-reactive ketones (excluding diaryl/α,β-unsaturated/α-hetero) is 1. The van der Waals surface area contributed by atoms with Crippen LogP contribution in [0, 0.1) is 0 Å². The van der Waals surface area contributed by atoms with Crippen molar-refractivity contribution in [2.75, 3.05) is 26.2 Å². The first-order valence-electron chi connectivity index (χ1n) is 6.10. The molecule has 1 aromatic carbocycles. The predicted molar refractivity (Wildman–Crippen MR) is 68.2 cm³/mol. The Balaban J connectivity index is 2.02. The van der Waals surface area contributed by atoms with E-state index in [1.807, 2.05) is 4.90 Å². The van der Waals surface area contributed by atoms with E-state index in [-0.39, 0.29) is 35.3 Å². The van der Waals surface area contributed by atoms with Crippen molar-refractivity contribution in [2.24, 2.45) is 0 Å². The molecule has 1 aliphatic heterocycles. The molecular weight excluding hydrogens is 248 g/mol. The van der Waals surface area contributed by atoms with Crippen molar-refractivity contribution in [1.82, 2.24) is 10.2 Å². The molecule has 1 aromatic rings. The minimum atomic E-state index is -0.230. The minimum absolute atomic E-state index is 0.0116. The largest absolute Gasteiger partial charge is 0.508 e. The normalized spacial score (nSPS) is 16.7. The molecule has 2 rings (SSSR count). The van der Waals surface area contributed by atoms with Crippen LogP contribution in [0.4, 0.5) is 0 Å². The molecule has 0 unspecified atom stereocenters. The van der Waals surface area contributed by atoms with Gasteiger partial charge in [-0.15, -0.1) is 0 Å². The molecule has 0 aliphatic carbocycles. The van der Waals surface area contributed by atoms with Gasteiger partial charge in [0.1, 0.15) is 11.5 Å². The Morgan fingerprint density at radius 3 is 2.84 bits per heavy atom. The van der Waals surface area contributed by atoms with Crippen molar-refractivity contribution < 1.29 is 19.8 Å². The fraction of sp³-hybridized carbons (Fsp3) is 0.385. The van der Waals surface area contributed by atoms with Gasteiger partial charge in [0.2, 0.25) is 5.91 Å². The maximum Gasteiger partial charge on any atom is 0.221 e. The van der Waals surface area contributed by atoms with Crippen LogP contribution in [-0.4, -0.2) is 53.0 Å². The third-order valence-corrected chi connectivity index (χ3v) is 3.05. The molecule has 1 aliphatic rings. The monoisotopic (exact) mass is 264 g/mol. The lowest BCUT2D eigenvalue weighted by Gasteiger charge is -2.18. The van der Waals surface area contributed by atoms with Gasteiger partial charge in [0.05, 0.1) is 12.1 Å². The molecular formula is C13H16N2O4. The molecule has 102 valence electrons. The molecule has 0 radical (unpaired) electrons. The zero-order valence-corrected chi connectivity index (χ0v) is 10.4. The number of carbonyl (C=O) groups is 2. The number of amides is 1. The molecule has 0 bridgehead atoms. The number of phenolic OH excluding ortho intramolecular Hbond substituents is 2. The second kappa shape index (κ2) is 5.71. The zero-order chi connectivity index (χ0) is 13.8. The Hall–Kier alpha value is -2.08. The van der Waals surface area contributed by atoms with E-state index in [1.165, 1.54) is 12.1 Å². The van der Waals surface area contributed by atoms with E-state index in [2.05, 4.69) is 5.32 Å². The maximum absolute atomic E-state index is 12.1. The van der Waals surface area contributed by atoms with Gasteiger partial charge < -0.3 is 15.5 Å². The van der Waals surface area contributed by atoms with Gasteiger partial charge >= 0.3 is 0 Å². The van der Waals surface area contributed by atoms with Gasteiger partial charge in [0.15, 0.2) is 5.78 Å². The highest BCUT2D eigenvalue weighted by atomic mass is 16.3. The molecule has 1 amide bonds. The summed E-state index contributed by atoms with van der Waals surface area (Å²) in [5.41, 5.74) is 0.182. The highest BCUT2D eigenvalue weighted by Crippen LogP contribution is 2.23. The highest BCUT2D eigenvalue weighted by molar-refractivity contribution is 6.00. The molecule has 6 nitrogen and oxygen atoms in total. The Morgan fingerprint density at radius 2 is 2.11 bits per heavy atom. The highest BCUT2D eigenvalue weighted by Gasteiger charge is 2.18. The van der Waals surface area contributed by atoms with Crippen LogP contribution in [-0.2, 0) is 4.79 Å². The van der Waals surface area contributed by atoms with E-state index in [4.69, 9.17) is 0 Å². The van der Waals surface area contributed by atoms with Crippen LogP contribution >= 0.6 is 0 Å².